The Morgan fingerprint density at radius 3 is 2.74 bits per heavy atom. The second-order valence-electron chi connectivity index (χ2n) is 9.89. The fraction of sp³-hybridized carbons (Fsp3) is 0.346. The van der Waals surface area contributed by atoms with Crippen molar-refractivity contribution in [1.29, 1.82) is 0 Å². The molecule has 0 fully saturated rings. The number of H-pyrrole nitrogens is 1. The number of fused-ring (bicyclic) bond motifs is 3. The molecule has 0 saturated heterocycles. The van der Waals surface area contributed by atoms with Crippen LogP contribution in [0.5, 0.6) is 5.75 Å². The van der Waals surface area contributed by atoms with E-state index in [0.717, 1.165) is 58.2 Å². The second-order valence-corrected chi connectivity index (χ2v) is 10.7. The van der Waals surface area contributed by atoms with Crippen molar-refractivity contribution in [3.8, 4) is 34.0 Å². The van der Waals surface area contributed by atoms with Gasteiger partial charge in [-0.1, -0.05) is 20.8 Å². The van der Waals surface area contributed by atoms with E-state index in [4.69, 9.17) is 9.72 Å². The third kappa shape index (κ3) is 3.92. The summed E-state index contributed by atoms with van der Waals surface area (Å²) < 4.78 is 7.92. The standard InChI is InChI=1S/C26H29N5O2S/c1-15-19(12-28-30-15)18-11-21-16(10-22(18)33-5)6-7-20-23(25(32)27-14-26(2,3)4)29-24(31(20)21)17-8-9-34-13-17/h8-13H,6-7,14H2,1-5H3,(H,27,32)(H,28,30). The lowest BCUT2D eigenvalue weighted by atomic mass is 9.95. The molecule has 2 N–H and O–H groups in total. The quantitative estimate of drug-likeness (QED) is 0.416. The van der Waals surface area contributed by atoms with Gasteiger partial charge in [0.05, 0.1) is 24.2 Å². The highest BCUT2D eigenvalue weighted by Crippen LogP contribution is 2.40. The van der Waals surface area contributed by atoms with Crippen molar-refractivity contribution in [2.75, 3.05) is 13.7 Å². The Balaban J connectivity index is 1.69. The van der Waals surface area contributed by atoms with Crippen molar-refractivity contribution in [3.63, 3.8) is 0 Å². The van der Waals surface area contributed by atoms with Gasteiger partial charge in [-0.3, -0.25) is 14.5 Å². The lowest BCUT2D eigenvalue weighted by Gasteiger charge is -2.24. The van der Waals surface area contributed by atoms with Gasteiger partial charge in [0.2, 0.25) is 0 Å². The molecule has 0 atom stereocenters. The maximum Gasteiger partial charge on any atom is 0.271 e. The zero-order valence-electron chi connectivity index (χ0n) is 20.2. The summed E-state index contributed by atoms with van der Waals surface area (Å²) in [6.07, 6.45) is 3.43. The molecule has 5 rings (SSSR count). The fourth-order valence-electron chi connectivity index (χ4n) is 4.42. The maximum atomic E-state index is 13.2. The molecule has 0 unspecified atom stereocenters. The number of rotatable bonds is 5. The molecule has 0 saturated carbocycles. The summed E-state index contributed by atoms with van der Waals surface area (Å²) in [6, 6.07) is 6.30. The zero-order valence-corrected chi connectivity index (χ0v) is 21.0. The molecule has 8 heteroatoms. The molecule has 4 heterocycles. The van der Waals surface area contributed by atoms with Crippen molar-refractivity contribution in [1.82, 2.24) is 25.1 Å². The third-order valence-electron chi connectivity index (χ3n) is 6.14. The number of aromatic nitrogens is 4. The monoisotopic (exact) mass is 475 g/mol. The number of imidazole rings is 1. The van der Waals surface area contributed by atoms with E-state index in [1.807, 2.05) is 18.5 Å². The average Bonchev–Trinajstić information content (AvgIpc) is 3.55. The van der Waals surface area contributed by atoms with Gasteiger partial charge in [0.15, 0.2) is 0 Å². The number of thiophene rings is 1. The van der Waals surface area contributed by atoms with Crippen molar-refractivity contribution < 1.29 is 9.53 Å². The van der Waals surface area contributed by atoms with Gasteiger partial charge in [-0.2, -0.15) is 16.4 Å². The summed E-state index contributed by atoms with van der Waals surface area (Å²) in [5.74, 6) is 1.48. The highest BCUT2D eigenvalue weighted by molar-refractivity contribution is 7.08. The smallest absolute Gasteiger partial charge is 0.271 e. The van der Waals surface area contributed by atoms with Crippen molar-refractivity contribution in [2.24, 2.45) is 5.41 Å². The highest BCUT2D eigenvalue weighted by atomic mass is 32.1. The van der Waals surface area contributed by atoms with E-state index in [9.17, 15) is 4.79 Å². The van der Waals surface area contributed by atoms with Crippen molar-refractivity contribution in [2.45, 2.75) is 40.5 Å². The van der Waals surface area contributed by atoms with Gasteiger partial charge in [-0.05, 0) is 54.3 Å². The molecule has 1 amide bonds. The van der Waals surface area contributed by atoms with Crippen LogP contribution in [0.2, 0.25) is 0 Å². The van der Waals surface area contributed by atoms with Gasteiger partial charge in [-0.25, -0.2) is 4.98 Å². The topological polar surface area (TPSA) is 84.8 Å². The predicted octanol–water partition coefficient (Wildman–Crippen LogP) is 5.18. The van der Waals surface area contributed by atoms with Crippen LogP contribution in [0, 0.1) is 12.3 Å². The number of ether oxygens (including phenoxy) is 1. The molecule has 1 aromatic carbocycles. The fourth-order valence-corrected chi connectivity index (χ4v) is 5.06. The summed E-state index contributed by atoms with van der Waals surface area (Å²) in [5.41, 5.74) is 7.51. The Labute approximate surface area is 203 Å². The number of benzene rings is 1. The van der Waals surface area contributed by atoms with E-state index in [-0.39, 0.29) is 11.3 Å². The molecule has 7 nitrogen and oxygen atoms in total. The number of aromatic amines is 1. The van der Waals surface area contributed by atoms with E-state index in [1.165, 1.54) is 5.56 Å². The van der Waals surface area contributed by atoms with Crippen LogP contribution < -0.4 is 10.1 Å². The Bertz CT molecular complexity index is 1360. The molecule has 176 valence electrons. The number of aryl methyl sites for hydroxylation is 2. The molecule has 0 bridgehead atoms. The highest BCUT2D eigenvalue weighted by Gasteiger charge is 2.30. The van der Waals surface area contributed by atoms with Crippen LogP contribution in [0.4, 0.5) is 0 Å². The number of carbonyl (C=O) groups is 1. The van der Waals surface area contributed by atoms with Crippen LogP contribution in [0.3, 0.4) is 0 Å². The second kappa shape index (κ2) is 8.43. The minimum absolute atomic E-state index is 0.00778. The molecule has 4 aromatic rings. The van der Waals surface area contributed by atoms with E-state index < -0.39 is 0 Å². The first-order valence-corrected chi connectivity index (χ1v) is 12.4. The van der Waals surface area contributed by atoms with Crippen LogP contribution in [0.15, 0.2) is 35.2 Å². The number of nitrogens with zero attached hydrogens (tertiary/aromatic N) is 3. The largest absolute Gasteiger partial charge is 0.496 e. The van der Waals surface area contributed by atoms with Crippen LogP contribution >= 0.6 is 11.3 Å². The number of hydrogen-bond acceptors (Lipinski definition) is 5. The average molecular weight is 476 g/mol. The minimum Gasteiger partial charge on any atom is -0.496 e. The Morgan fingerprint density at radius 1 is 1.26 bits per heavy atom. The molecular formula is C26H29N5O2S. The Hall–Kier alpha value is -3.39. The van der Waals surface area contributed by atoms with Gasteiger partial charge in [0, 0.05) is 34.8 Å². The zero-order chi connectivity index (χ0) is 24.0. The van der Waals surface area contributed by atoms with Gasteiger partial charge >= 0.3 is 0 Å². The number of hydrogen-bond donors (Lipinski definition) is 2. The van der Waals surface area contributed by atoms with Crippen LogP contribution in [-0.2, 0) is 12.8 Å². The number of nitrogens with one attached hydrogen (secondary N) is 2. The SMILES string of the molecule is COc1cc2c(cc1-c1c[nH]nc1C)-n1c(-c3ccsc3)nc(C(=O)NCC(C)(C)C)c1CC2. The number of amides is 1. The maximum absolute atomic E-state index is 13.2. The van der Waals surface area contributed by atoms with Crippen molar-refractivity contribution in [3.05, 3.63) is 57.8 Å². The molecule has 1 aliphatic rings. The molecule has 0 spiro atoms. The van der Waals surface area contributed by atoms with Crippen LogP contribution in [0.25, 0.3) is 28.2 Å². The van der Waals surface area contributed by atoms with E-state index >= 15 is 0 Å². The molecule has 1 aliphatic heterocycles. The lowest BCUT2D eigenvalue weighted by molar-refractivity contribution is 0.0933. The Kier molecular flexibility index (Phi) is 5.56. The van der Waals surface area contributed by atoms with E-state index in [1.54, 1.807) is 18.4 Å². The number of carbonyl (C=O) groups excluding carboxylic acids is 1. The summed E-state index contributed by atoms with van der Waals surface area (Å²) in [4.78, 5) is 18.1. The predicted molar refractivity (Wildman–Crippen MR) is 135 cm³/mol. The minimum atomic E-state index is -0.122. The number of methoxy groups -OCH3 is 1. The summed E-state index contributed by atoms with van der Waals surface area (Å²) in [5, 5.41) is 14.4. The van der Waals surface area contributed by atoms with Crippen molar-refractivity contribution >= 4 is 17.2 Å². The summed E-state index contributed by atoms with van der Waals surface area (Å²) in [7, 11) is 1.70. The van der Waals surface area contributed by atoms with Gasteiger partial charge < -0.3 is 10.1 Å². The molecule has 3 aromatic heterocycles. The molecule has 34 heavy (non-hydrogen) atoms. The van der Waals surface area contributed by atoms with Crippen LogP contribution in [-0.4, -0.2) is 39.3 Å². The van der Waals surface area contributed by atoms with E-state index in [2.05, 4.69) is 64.4 Å². The van der Waals surface area contributed by atoms with E-state index in [0.29, 0.717) is 12.2 Å². The molecule has 0 aliphatic carbocycles. The Morgan fingerprint density at radius 2 is 2.09 bits per heavy atom. The lowest BCUT2D eigenvalue weighted by Crippen LogP contribution is -2.33. The molecule has 0 radical (unpaired) electrons. The summed E-state index contributed by atoms with van der Waals surface area (Å²) in [6.45, 7) is 8.88. The first kappa shape index (κ1) is 22.4. The molecular weight excluding hydrogens is 446 g/mol. The van der Waals surface area contributed by atoms with Crippen LogP contribution in [0.1, 0.15) is 48.2 Å². The normalized spacial score (nSPS) is 12.9. The van der Waals surface area contributed by atoms with Gasteiger partial charge in [0.1, 0.15) is 17.3 Å². The van der Waals surface area contributed by atoms with Gasteiger partial charge in [0.25, 0.3) is 5.91 Å². The summed E-state index contributed by atoms with van der Waals surface area (Å²) >= 11 is 1.62. The van der Waals surface area contributed by atoms with Gasteiger partial charge in [-0.15, -0.1) is 0 Å². The first-order valence-electron chi connectivity index (χ1n) is 11.4. The first-order chi connectivity index (χ1) is 16.3. The third-order valence-corrected chi connectivity index (χ3v) is 6.82.